The van der Waals surface area contributed by atoms with Crippen LogP contribution in [0, 0.1) is 5.92 Å². The molecule has 25 heavy (non-hydrogen) atoms. The normalized spacial score (nSPS) is 18.7. The Kier molecular flexibility index (Phi) is 3.61. The average molecular weight is 330 g/mol. The number of allylic oxidation sites excluding steroid dienone is 4. The molecule has 5 heteroatoms. The lowest BCUT2D eigenvalue weighted by Gasteiger charge is -2.17. The molecule has 1 aromatic carbocycles. The maximum Gasteiger partial charge on any atom is 0.347 e. The molecule has 1 aliphatic heterocycles. The summed E-state index contributed by atoms with van der Waals surface area (Å²) in [7, 11) is 0. The van der Waals surface area contributed by atoms with Crippen LogP contribution in [0.1, 0.15) is 11.1 Å². The van der Waals surface area contributed by atoms with E-state index in [1.54, 1.807) is 36.4 Å². The summed E-state index contributed by atoms with van der Waals surface area (Å²) >= 11 is 0. The van der Waals surface area contributed by atoms with Gasteiger partial charge in [-0.15, -0.1) is 6.58 Å². The summed E-state index contributed by atoms with van der Waals surface area (Å²) in [5.41, 5.74) is 1.60. The highest BCUT2D eigenvalue weighted by molar-refractivity contribution is 6.24. The molecule has 0 fully saturated rings. The van der Waals surface area contributed by atoms with Crippen LogP contribution in [0.25, 0.3) is 11.0 Å². The third kappa shape index (κ3) is 2.59. The fourth-order valence-electron chi connectivity index (χ4n) is 2.97. The number of hydrogen-bond donors (Lipinski definition) is 0. The zero-order valence-electron chi connectivity index (χ0n) is 13.3. The van der Waals surface area contributed by atoms with E-state index in [-0.39, 0.29) is 17.3 Å². The molecule has 5 nitrogen and oxygen atoms in total. The summed E-state index contributed by atoms with van der Waals surface area (Å²) in [5, 5.41) is 0.755. The molecule has 0 bridgehead atoms. The van der Waals surface area contributed by atoms with Crippen molar-refractivity contribution in [3.63, 3.8) is 0 Å². The Labute approximate surface area is 143 Å². The van der Waals surface area contributed by atoms with Gasteiger partial charge in [-0.05, 0) is 24.1 Å². The van der Waals surface area contributed by atoms with Crippen LogP contribution in [0.3, 0.4) is 0 Å². The first-order valence-electron chi connectivity index (χ1n) is 7.90. The minimum Gasteiger partial charge on any atom is -0.422 e. The average Bonchev–Trinajstić information content (AvgIpc) is 2.62. The third-order valence-electron chi connectivity index (χ3n) is 4.16. The van der Waals surface area contributed by atoms with Crippen molar-refractivity contribution in [1.29, 1.82) is 0 Å². The lowest BCUT2D eigenvalue weighted by atomic mass is 9.96. The van der Waals surface area contributed by atoms with Crippen molar-refractivity contribution >= 4 is 28.4 Å². The van der Waals surface area contributed by atoms with Crippen LogP contribution in [0.15, 0.2) is 80.4 Å². The largest absolute Gasteiger partial charge is 0.422 e. The van der Waals surface area contributed by atoms with Crippen molar-refractivity contribution in [2.45, 2.75) is 6.42 Å². The monoisotopic (exact) mass is 330 g/mol. The van der Waals surface area contributed by atoms with Gasteiger partial charge in [0.05, 0.1) is 5.71 Å². The molecule has 0 spiro atoms. The van der Waals surface area contributed by atoms with E-state index in [0.29, 0.717) is 17.7 Å². The number of nitrogens with zero attached hydrogens (tertiary/aromatic N) is 2. The molecule has 0 radical (unpaired) electrons. The highest BCUT2D eigenvalue weighted by Gasteiger charge is 2.28. The minimum absolute atomic E-state index is 0.0981. The summed E-state index contributed by atoms with van der Waals surface area (Å²) in [4.78, 5) is 33.1. The van der Waals surface area contributed by atoms with Crippen molar-refractivity contribution < 1.29 is 9.21 Å². The minimum atomic E-state index is -0.561. The molecule has 1 aromatic heterocycles. The number of fused-ring (bicyclic) bond motifs is 2. The van der Waals surface area contributed by atoms with E-state index in [1.807, 2.05) is 18.2 Å². The van der Waals surface area contributed by atoms with Gasteiger partial charge in [0, 0.05) is 5.39 Å². The lowest BCUT2D eigenvalue weighted by Crippen LogP contribution is -2.29. The van der Waals surface area contributed by atoms with Crippen LogP contribution in [0.2, 0.25) is 0 Å². The van der Waals surface area contributed by atoms with Gasteiger partial charge in [-0.3, -0.25) is 4.79 Å². The molecule has 0 N–H and O–H groups in total. The van der Waals surface area contributed by atoms with Gasteiger partial charge in [-0.25, -0.2) is 9.79 Å². The number of amidine groups is 1. The molecule has 0 saturated heterocycles. The smallest absolute Gasteiger partial charge is 0.347 e. The zero-order chi connectivity index (χ0) is 17.4. The van der Waals surface area contributed by atoms with Crippen molar-refractivity contribution in [3.05, 3.63) is 82.8 Å². The van der Waals surface area contributed by atoms with Crippen LogP contribution in [0.4, 0.5) is 0 Å². The summed E-state index contributed by atoms with van der Waals surface area (Å²) in [5.74, 6) is -0.707. The standard InChI is InChI=1S/C20H14N2O3/c1-2-6-12-7-5-8-13-11-15(20(24)25-17(12)13)18-21-16-10-4-3-9-14(16)19(23)22-18/h2-5,7-11,14H,1,6H2. The zero-order valence-corrected chi connectivity index (χ0v) is 13.3. The SMILES string of the molecule is C=CCc1cccc2cc(C3=NC(=O)C4C=CC=CC4=N3)c(=O)oc12. The Balaban J connectivity index is 1.87. The van der Waals surface area contributed by atoms with Crippen molar-refractivity contribution in [1.82, 2.24) is 0 Å². The summed E-state index contributed by atoms with van der Waals surface area (Å²) in [6, 6.07) is 7.29. The second-order valence-corrected chi connectivity index (χ2v) is 5.81. The van der Waals surface area contributed by atoms with Crippen molar-refractivity contribution in [2.75, 3.05) is 0 Å². The molecular formula is C20H14N2O3. The van der Waals surface area contributed by atoms with Crippen LogP contribution in [0.5, 0.6) is 0 Å². The second kappa shape index (κ2) is 5.94. The van der Waals surface area contributed by atoms with Gasteiger partial charge in [0.1, 0.15) is 17.1 Å². The molecular weight excluding hydrogens is 316 g/mol. The third-order valence-corrected chi connectivity index (χ3v) is 4.16. The van der Waals surface area contributed by atoms with Crippen molar-refractivity contribution in [3.8, 4) is 0 Å². The highest BCUT2D eigenvalue weighted by Crippen LogP contribution is 2.22. The van der Waals surface area contributed by atoms with E-state index in [4.69, 9.17) is 4.42 Å². The Morgan fingerprint density at radius 2 is 2.08 bits per heavy atom. The molecule has 1 amide bonds. The number of carbonyl (C=O) groups excluding carboxylic acids is 1. The van der Waals surface area contributed by atoms with Gasteiger partial charge in [0.2, 0.25) is 0 Å². The lowest BCUT2D eigenvalue weighted by molar-refractivity contribution is -0.118. The first-order chi connectivity index (χ1) is 12.2. The molecule has 2 aromatic rings. The number of amides is 1. The maximum atomic E-state index is 12.5. The molecule has 1 unspecified atom stereocenters. The van der Waals surface area contributed by atoms with Gasteiger partial charge in [-0.2, -0.15) is 4.99 Å². The van der Waals surface area contributed by atoms with Gasteiger partial charge < -0.3 is 4.42 Å². The van der Waals surface area contributed by atoms with Gasteiger partial charge >= 0.3 is 5.63 Å². The number of carbonyl (C=O) groups is 1. The predicted octanol–water partition coefficient (Wildman–Crippen LogP) is 2.99. The van der Waals surface area contributed by atoms with Gasteiger partial charge in [-0.1, -0.05) is 42.5 Å². The van der Waals surface area contributed by atoms with Crippen molar-refractivity contribution in [2.24, 2.45) is 15.9 Å². The van der Waals surface area contributed by atoms with E-state index in [9.17, 15) is 9.59 Å². The first-order valence-corrected chi connectivity index (χ1v) is 7.90. The maximum absolute atomic E-state index is 12.5. The number of rotatable bonds is 3. The molecule has 4 rings (SSSR count). The second-order valence-electron chi connectivity index (χ2n) is 5.81. The van der Waals surface area contributed by atoms with E-state index >= 15 is 0 Å². The Morgan fingerprint density at radius 1 is 1.20 bits per heavy atom. The van der Waals surface area contributed by atoms with Gasteiger partial charge in [0.15, 0.2) is 5.84 Å². The first kappa shape index (κ1) is 15.2. The Morgan fingerprint density at radius 3 is 2.92 bits per heavy atom. The molecule has 2 aliphatic rings. The number of para-hydroxylation sites is 1. The van der Waals surface area contributed by atoms with E-state index in [0.717, 1.165) is 10.9 Å². The number of benzene rings is 1. The summed E-state index contributed by atoms with van der Waals surface area (Å²) < 4.78 is 5.50. The number of hydrogen-bond acceptors (Lipinski definition) is 4. The van der Waals surface area contributed by atoms with E-state index < -0.39 is 11.5 Å². The quantitative estimate of drug-likeness (QED) is 0.641. The fraction of sp³-hybridized carbons (Fsp3) is 0.100. The summed E-state index contributed by atoms with van der Waals surface area (Å²) in [6.45, 7) is 3.72. The number of aliphatic imine (C=N–C) groups is 2. The van der Waals surface area contributed by atoms with E-state index in [2.05, 4.69) is 16.6 Å². The molecule has 1 aliphatic carbocycles. The molecule has 0 saturated carbocycles. The topological polar surface area (TPSA) is 72.0 Å². The fourth-order valence-corrected chi connectivity index (χ4v) is 2.97. The predicted molar refractivity (Wildman–Crippen MR) is 97.1 cm³/mol. The van der Waals surface area contributed by atoms with Crippen LogP contribution < -0.4 is 5.63 Å². The summed E-state index contributed by atoms with van der Waals surface area (Å²) in [6.07, 6.45) is 9.43. The Hall–Kier alpha value is -3.34. The molecule has 1 atom stereocenters. The van der Waals surface area contributed by atoms with Crippen LogP contribution in [-0.4, -0.2) is 17.5 Å². The molecule has 2 heterocycles. The van der Waals surface area contributed by atoms with Crippen LogP contribution >= 0.6 is 0 Å². The van der Waals surface area contributed by atoms with Gasteiger partial charge in [0.25, 0.3) is 5.91 Å². The Bertz CT molecular complexity index is 1080. The molecule has 122 valence electrons. The van der Waals surface area contributed by atoms with E-state index in [1.165, 1.54) is 0 Å². The highest BCUT2D eigenvalue weighted by atomic mass is 16.4. The van der Waals surface area contributed by atoms with Crippen LogP contribution in [-0.2, 0) is 11.2 Å².